The van der Waals surface area contributed by atoms with Gasteiger partial charge < -0.3 is 9.84 Å². The van der Waals surface area contributed by atoms with Crippen LogP contribution in [0.4, 0.5) is 0 Å². The highest BCUT2D eigenvalue weighted by Crippen LogP contribution is 2.31. The van der Waals surface area contributed by atoms with Gasteiger partial charge >= 0.3 is 0 Å². The number of hydrogen-bond acceptors (Lipinski definition) is 2. The van der Waals surface area contributed by atoms with Crippen LogP contribution in [0.5, 0.6) is 0 Å². The molecule has 2 atom stereocenters. The van der Waals surface area contributed by atoms with Gasteiger partial charge in [-0.1, -0.05) is 23.7 Å². The van der Waals surface area contributed by atoms with Gasteiger partial charge in [-0.3, -0.25) is 0 Å². The van der Waals surface area contributed by atoms with Gasteiger partial charge in [0.1, 0.15) is 0 Å². The van der Waals surface area contributed by atoms with E-state index in [-0.39, 0.29) is 6.10 Å². The largest absolute Gasteiger partial charge is 0.393 e. The molecule has 0 aromatic heterocycles. The van der Waals surface area contributed by atoms with E-state index in [2.05, 4.69) is 6.07 Å². The fourth-order valence-electron chi connectivity index (χ4n) is 2.15. The second kappa shape index (κ2) is 5.17. The van der Waals surface area contributed by atoms with Crippen molar-refractivity contribution in [3.8, 4) is 0 Å². The van der Waals surface area contributed by atoms with E-state index >= 15 is 0 Å². The summed E-state index contributed by atoms with van der Waals surface area (Å²) in [6.45, 7) is 3.39. The lowest BCUT2D eigenvalue weighted by molar-refractivity contribution is 0.193. The summed E-state index contributed by atoms with van der Waals surface area (Å²) in [5.41, 5.74) is 2.26. The van der Waals surface area contributed by atoms with Gasteiger partial charge in [-0.25, -0.2) is 0 Å². The summed E-state index contributed by atoms with van der Waals surface area (Å²) in [6, 6.07) is 6.08. The zero-order valence-electron chi connectivity index (χ0n) is 9.45. The normalized spacial score (nSPS) is 22.3. The highest BCUT2D eigenvalue weighted by molar-refractivity contribution is 6.31. The van der Waals surface area contributed by atoms with Gasteiger partial charge in [0.2, 0.25) is 0 Å². The molecule has 1 aromatic carbocycles. The van der Waals surface area contributed by atoms with Crippen molar-refractivity contribution in [1.82, 2.24) is 0 Å². The van der Waals surface area contributed by atoms with E-state index in [1.165, 1.54) is 5.56 Å². The Balaban J connectivity index is 2.15. The van der Waals surface area contributed by atoms with Gasteiger partial charge in [0.05, 0.1) is 12.7 Å². The van der Waals surface area contributed by atoms with Crippen LogP contribution in [-0.2, 0) is 11.2 Å². The van der Waals surface area contributed by atoms with Crippen LogP contribution in [0.3, 0.4) is 0 Å². The van der Waals surface area contributed by atoms with E-state index in [1.807, 2.05) is 12.1 Å². The van der Waals surface area contributed by atoms with Crippen molar-refractivity contribution in [3.05, 3.63) is 34.3 Å². The zero-order valence-corrected chi connectivity index (χ0v) is 10.2. The second-order valence-electron chi connectivity index (χ2n) is 4.47. The van der Waals surface area contributed by atoms with Crippen LogP contribution in [0.2, 0.25) is 5.02 Å². The molecular formula is C13H17ClO2. The molecule has 0 radical (unpaired) electrons. The summed E-state index contributed by atoms with van der Waals surface area (Å²) >= 11 is 6.26. The van der Waals surface area contributed by atoms with Gasteiger partial charge in [0.15, 0.2) is 0 Å². The summed E-state index contributed by atoms with van der Waals surface area (Å²) in [5.74, 6) is 0.438. The average molecular weight is 241 g/mol. The molecule has 1 heterocycles. The lowest BCUT2D eigenvalue weighted by Crippen LogP contribution is -2.05. The van der Waals surface area contributed by atoms with Crippen LogP contribution >= 0.6 is 11.6 Å². The molecule has 2 unspecified atom stereocenters. The molecule has 16 heavy (non-hydrogen) atoms. The van der Waals surface area contributed by atoms with Gasteiger partial charge in [0.25, 0.3) is 0 Å². The Bertz CT molecular complexity index is 357. The molecule has 1 aromatic rings. The van der Waals surface area contributed by atoms with Crippen molar-refractivity contribution in [2.24, 2.45) is 0 Å². The maximum Gasteiger partial charge on any atom is 0.0552 e. The number of rotatable bonds is 3. The molecule has 1 fully saturated rings. The van der Waals surface area contributed by atoms with Crippen LogP contribution in [-0.4, -0.2) is 24.4 Å². The average Bonchev–Trinajstić information content (AvgIpc) is 2.69. The molecule has 2 nitrogen and oxygen atoms in total. The van der Waals surface area contributed by atoms with E-state index in [1.54, 1.807) is 6.92 Å². The molecule has 0 amide bonds. The maximum atomic E-state index is 9.31. The molecule has 0 spiro atoms. The minimum Gasteiger partial charge on any atom is -0.393 e. The third-order valence-corrected chi connectivity index (χ3v) is 3.29. The molecular weight excluding hydrogens is 224 g/mol. The number of halogens is 1. The highest BCUT2D eigenvalue weighted by atomic mass is 35.5. The Morgan fingerprint density at radius 2 is 2.38 bits per heavy atom. The molecule has 1 N–H and O–H groups in total. The minimum absolute atomic E-state index is 0.322. The first kappa shape index (κ1) is 11.9. The summed E-state index contributed by atoms with van der Waals surface area (Å²) in [5, 5.41) is 10.1. The molecule has 1 saturated heterocycles. The fraction of sp³-hybridized carbons (Fsp3) is 0.538. The molecule has 0 bridgehead atoms. The van der Waals surface area contributed by atoms with E-state index in [9.17, 15) is 5.11 Å². The fourth-order valence-corrected chi connectivity index (χ4v) is 2.51. The Morgan fingerprint density at radius 3 is 2.94 bits per heavy atom. The van der Waals surface area contributed by atoms with Crippen molar-refractivity contribution in [1.29, 1.82) is 0 Å². The van der Waals surface area contributed by atoms with Crippen LogP contribution in [0, 0.1) is 0 Å². The van der Waals surface area contributed by atoms with E-state index in [0.717, 1.165) is 30.2 Å². The first-order valence-corrected chi connectivity index (χ1v) is 6.08. The Hall–Kier alpha value is -0.570. The third kappa shape index (κ3) is 2.76. The SMILES string of the molecule is CC(O)Cc1ccc(C2CCOC2)c(Cl)c1. The summed E-state index contributed by atoms with van der Waals surface area (Å²) in [6.07, 6.45) is 1.38. The number of benzene rings is 1. The summed E-state index contributed by atoms with van der Waals surface area (Å²) in [4.78, 5) is 0. The maximum absolute atomic E-state index is 9.31. The highest BCUT2D eigenvalue weighted by Gasteiger charge is 2.20. The van der Waals surface area contributed by atoms with Gasteiger partial charge in [-0.05, 0) is 37.0 Å². The minimum atomic E-state index is -0.322. The van der Waals surface area contributed by atoms with Crippen molar-refractivity contribution in [2.75, 3.05) is 13.2 Å². The predicted octanol–water partition coefficient (Wildman–Crippen LogP) is 2.77. The zero-order chi connectivity index (χ0) is 11.5. The van der Waals surface area contributed by atoms with Gasteiger partial charge in [-0.15, -0.1) is 0 Å². The third-order valence-electron chi connectivity index (χ3n) is 2.97. The molecule has 88 valence electrons. The topological polar surface area (TPSA) is 29.5 Å². The number of ether oxygens (including phenoxy) is 1. The van der Waals surface area contributed by atoms with Crippen molar-refractivity contribution >= 4 is 11.6 Å². The summed E-state index contributed by atoms with van der Waals surface area (Å²) in [7, 11) is 0. The number of hydrogen-bond donors (Lipinski definition) is 1. The molecule has 1 aliphatic heterocycles. The van der Waals surface area contributed by atoms with Crippen LogP contribution in [0.25, 0.3) is 0 Å². The molecule has 0 saturated carbocycles. The van der Waals surface area contributed by atoms with Crippen molar-refractivity contribution in [3.63, 3.8) is 0 Å². The predicted molar refractivity (Wildman–Crippen MR) is 65.0 cm³/mol. The first-order valence-electron chi connectivity index (χ1n) is 5.71. The molecule has 2 rings (SSSR count). The Morgan fingerprint density at radius 1 is 1.56 bits per heavy atom. The standard InChI is InChI=1S/C13H17ClO2/c1-9(15)6-10-2-3-12(13(14)7-10)11-4-5-16-8-11/h2-3,7,9,11,15H,4-6,8H2,1H3. The quantitative estimate of drug-likeness (QED) is 0.881. The van der Waals surface area contributed by atoms with E-state index in [4.69, 9.17) is 16.3 Å². The van der Waals surface area contributed by atoms with Crippen LogP contribution in [0.15, 0.2) is 18.2 Å². The van der Waals surface area contributed by atoms with E-state index < -0.39 is 0 Å². The van der Waals surface area contributed by atoms with Crippen molar-refractivity contribution in [2.45, 2.75) is 31.8 Å². The van der Waals surface area contributed by atoms with Crippen LogP contribution < -0.4 is 0 Å². The second-order valence-corrected chi connectivity index (χ2v) is 4.88. The number of aliphatic hydroxyl groups is 1. The molecule has 0 aliphatic carbocycles. The monoisotopic (exact) mass is 240 g/mol. The molecule has 1 aliphatic rings. The van der Waals surface area contributed by atoms with Crippen molar-refractivity contribution < 1.29 is 9.84 Å². The van der Waals surface area contributed by atoms with Gasteiger partial charge in [0, 0.05) is 17.5 Å². The van der Waals surface area contributed by atoms with Gasteiger partial charge in [-0.2, -0.15) is 0 Å². The first-order chi connectivity index (χ1) is 7.66. The molecule has 3 heteroatoms. The lowest BCUT2D eigenvalue weighted by atomic mass is 9.96. The van der Waals surface area contributed by atoms with Crippen LogP contribution in [0.1, 0.15) is 30.4 Å². The Kier molecular flexibility index (Phi) is 3.85. The Labute approximate surface area is 101 Å². The lowest BCUT2D eigenvalue weighted by Gasteiger charge is -2.12. The number of aliphatic hydroxyl groups excluding tert-OH is 1. The van der Waals surface area contributed by atoms with E-state index in [0.29, 0.717) is 12.3 Å². The summed E-state index contributed by atoms with van der Waals surface area (Å²) < 4.78 is 5.36. The smallest absolute Gasteiger partial charge is 0.0552 e.